The van der Waals surface area contributed by atoms with E-state index in [2.05, 4.69) is 119 Å². The molecule has 2 unspecified atom stereocenters. The molecule has 0 fully saturated rings. The Kier molecular flexibility index (Phi) is 8.31. The van der Waals surface area contributed by atoms with Gasteiger partial charge in [0.05, 0.1) is 0 Å². The fourth-order valence-electron chi connectivity index (χ4n) is 6.64. The van der Waals surface area contributed by atoms with Crippen molar-refractivity contribution in [3.8, 4) is 22.3 Å². The van der Waals surface area contributed by atoms with Crippen LogP contribution in [0.5, 0.6) is 0 Å². The average Bonchev–Trinajstić information content (AvgIpc) is 3.00. The molecular weight excluding hydrogens is 668 g/mol. The molecule has 1 nitrogen and oxygen atoms in total. The van der Waals surface area contributed by atoms with Crippen LogP contribution in [0.25, 0.3) is 27.8 Å². The summed E-state index contributed by atoms with van der Waals surface area (Å²) in [4.78, 5) is 0. The summed E-state index contributed by atoms with van der Waals surface area (Å²) in [5, 5.41) is 13.0. The van der Waals surface area contributed by atoms with Crippen LogP contribution in [0.3, 0.4) is 0 Å². The van der Waals surface area contributed by atoms with Crippen LogP contribution in [0.1, 0.15) is 46.6 Å². The third-order valence-corrected chi connectivity index (χ3v) is 10.5. The molecule has 1 aliphatic carbocycles. The van der Waals surface area contributed by atoms with Crippen LogP contribution in [0, 0.1) is 13.8 Å². The van der Waals surface area contributed by atoms with Crippen LogP contribution >= 0.6 is 43.5 Å². The molecule has 2 atom stereocenters. The minimum Gasteiger partial charge on any atom is -0.381 e. The van der Waals surface area contributed by atoms with E-state index in [1.54, 1.807) is 0 Å². The van der Waals surface area contributed by atoms with Gasteiger partial charge in [-0.1, -0.05) is 141 Å². The summed E-state index contributed by atoms with van der Waals surface area (Å²) in [6.07, 6.45) is 3.33. The lowest BCUT2D eigenvalue weighted by Gasteiger charge is -2.38. The van der Waals surface area contributed by atoms with Crippen molar-refractivity contribution in [2.45, 2.75) is 38.2 Å². The number of benzene rings is 5. The summed E-state index contributed by atoms with van der Waals surface area (Å²) in [5.74, 6) is 0.0266. The average molecular weight is 699 g/mol. The fraction of sp³-hybridized carbons (Fsp3) is 0.158. The third kappa shape index (κ3) is 5.33. The van der Waals surface area contributed by atoms with E-state index in [1.807, 2.05) is 42.5 Å². The topological polar surface area (TPSA) is 20.2 Å². The van der Waals surface area contributed by atoms with Gasteiger partial charge in [0.25, 0.3) is 0 Å². The Hall–Kier alpha value is -2.95. The number of aliphatic hydroxyl groups is 1. The zero-order chi connectivity index (χ0) is 29.4. The molecule has 0 spiro atoms. The Morgan fingerprint density at radius 3 is 1.88 bits per heavy atom. The maximum Gasteiger partial charge on any atom is 0.110 e. The van der Waals surface area contributed by atoms with Crippen molar-refractivity contribution < 1.29 is 5.11 Å². The SMILES string of the molecule is Cc1c(Br)c(C2CC(c3ccccc3Br)=CC(O)(c3ccccc3Cl)C2)c(C)c(-c2ccccc2)c1-c1ccccc1. The Balaban J connectivity index is 1.60. The molecule has 5 aromatic carbocycles. The maximum atomic E-state index is 12.5. The molecule has 42 heavy (non-hydrogen) atoms. The lowest BCUT2D eigenvalue weighted by Crippen LogP contribution is -2.31. The van der Waals surface area contributed by atoms with Gasteiger partial charge in [0.2, 0.25) is 0 Å². The van der Waals surface area contributed by atoms with Gasteiger partial charge in [-0.3, -0.25) is 0 Å². The Labute approximate surface area is 270 Å². The first kappa shape index (κ1) is 29.1. The summed E-state index contributed by atoms with van der Waals surface area (Å²) >= 11 is 14.6. The highest BCUT2D eigenvalue weighted by Gasteiger charge is 2.39. The van der Waals surface area contributed by atoms with E-state index < -0.39 is 5.60 Å². The number of hydrogen-bond acceptors (Lipinski definition) is 1. The van der Waals surface area contributed by atoms with Crippen molar-refractivity contribution in [2.24, 2.45) is 0 Å². The van der Waals surface area contributed by atoms with E-state index >= 15 is 0 Å². The Morgan fingerprint density at radius 2 is 1.26 bits per heavy atom. The lowest BCUT2D eigenvalue weighted by molar-refractivity contribution is 0.0671. The molecule has 0 heterocycles. The van der Waals surface area contributed by atoms with E-state index in [9.17, 15) is 5.11 Å². The minimum atomic E-state index is -1.24. The van der Waals surface area contributed by atoms with Crippen molar-refractivity contribution >= 4 is 49.0 Å². The fourth-order valence-corrected chi connectivity index (χ4v) is 8.29. The largest absolute Gasteiger partial charge is 0.381 e. The van der Waals surface area contributed by atoms with Crippen LogP contribution in [0.15, 0.2) is 124 Å². The quantitative estimate of drug-likeness (QED) is 0.194. The smallest absolute Gasteiger partial charge is 0.110 e. The molecule has 4 heteroatoms. The van der Waals surface area contributed by atoms with Crippen LogP contribution in [0.4, 0.5) is 0 Å². The third-order valence-electron chi connectivity index (χ3n) is 8.50. The second-order valence-corrected chi connectivity index (χ2v) is 13.2. The zero-order valence-electron chi connectivity index (χ0n) is 23.5. The van der Waals surface area contributed by atoms with E-state index in [-0.39, 0.29) is 5.92 Å². The Bertz CT molecular complexity index is 1800. The van der Waals surface area contributed by atoms with Crippen LogP contribution in [-0.2, 0) is 5.60 Å². The first-order valence-electron chi connectivity index (χ1n) is 14.2. The van der Waals surface area contributed by atoms with Crippen LogP contribution in [-0.4, -0.2) is 5.11 Å². The number of hydrogen-bond donors (Lipinski definition) is 1. The molecule has 0 aromatic heterocycles. The predicted molar refractivity (Wildman–Crippen MR) is 184 cm³/mol. The van der Waals surface area contributed by atoms with Gasteiger partial charge >= 0.3 is 0 Å². The highest BCUT2D eigenvalue weighted by Crippen LogP contribution is 2.53. The van der Waals surface area contributed by atoms with Gasteiger partial charge in [-0.2, -0.15) is 0 Å². The van der Waals surface area contributed by atoms with Crippen molar-refractivity contribution in [3.63, 3.8) is 0 Å². The van der Waals surface area contributed by atoms with Gasteiger partial charge in [-0.05, 0) is 101 Å². The van der Waals surface area contributed by atoms with Gasteiger partial charge in [0.1, 0.15) is 5.60 Å². The lowest BCUT2D eigenvalue weighted by atomic mass is 9.70. The first-order chi connectivity index (χ1) is 20.3. The molecule has 6 rings (SSSR count). The highest BCUT2D eigenvalue weighted by molar-refractivity contribution is 9.10. The second-order valence-electron chi connectivity index (χ2n) is 11.1. The molecule has 210 valence electrons. The molecule has 1 aliphatic rings. The van der Waals surface area contributed by atoms with Crippen LogP contribution < -0.4 is 0 Å². The number of rotatable bonds is 5. The minimum absolute atomic E-state index is 0.0266. The summed E-state index contributed by atoms with van der Waals surface area (Å²) in [5.41, 5.74) is 10.2. The second kappa shape index (κ2) is 12.0. The molecule has 0 amide bonds. The summed E-state index contributed by atoms with van der Waals surface area (Å²) in [6.45, 7) is 4.44. The standard InChI is InChI=1S/C38H31Br2ClO/c1-24-34(26-13-5-3-6-14-26)35(27-15-7-4-8-16-27)25(2)37(40)36(24)29-21-28(30-17-9-11-19-32(30)39)22-38(42,23-29)31-18-10-12-20-33(31)41/h3-20,22,29,42H,21,23H2,1-2H3. The van der Waals surface area contributed by atoms with Crippen molar-refractivity contribution in [1.82, 2.24) is 0 Å². The summed E-state index contributed by atoms with van der Waals surface area (Å²) in [7, 11) is 0. The van der Waals surface area contributed by atoms with Crippen molar-refractivity contribution in [2.75, 3.05) is 0 Å². The van der Waals surface area contributed by atoms with Crippen molar-refractivity contribution in [1.29, 1.82) is 0 Å². The highest BCUT2D eigenvalue weighted by atomic mass is 79.9. The monoisotopic (exact) mass is 696 g/mol. The molecule has 0 aliphatic heterocycles. The molecule has 0 bridgehead atoms. The van der Waals surface area contributed by atoms with Gasteiger partial charge in [-0.25, -0.2) is 0 Å². The van der Waals surface area contributed by atoms with Gasteiger partial charge < -0.3 is 5.11 Å². The molecule has 1 N–H and O–H groups in total. The van der Waals surface area contributed by atoms with E-state index in [0.717, 1.165) is 32.1 Å². The predicted octanol–water partition coefficient (Wildman–Crippen LogP) is 11.7. The summed E-state index contributed by atoms with van der Waals surface area (Å²) < 4.78 is 2.10. The maximum absolute atomic E-state index is 12.5. The van der Waals surface area contributed by atoms with Crippen molar-refractivity contribution in [3.05, 3.63) is 157 Å². The molecular formula is C38H31Br2ClO. The summed E-state index contributed by atoms with van der Waals surface area (Å²) in [6, 6.07) is 37.2. The van der Waals surface area contributed by atoms with Gasteiger partial charge in [-0.15, -0.1) is 0 Å². The molecule has 5 aromatic rings. The Morgan fingerprint density at radius 1 is 0.714 bits per heavy atom. The van der Waals surface area contributed by atoms with E-state index in [1.165, 1.54) is 38.9 Å². The molecule has 0 saturated heterocycles. The first-order valence-corrected chi connectivity index (χ1v) is 16.1. The van der Waals surface area contributed by atoms with E-state index in [4.69, 9.17) is 11.6 Å². The number of halogens is 3. The normalized spacial score (nSPS) is 18.5. The van der Waals surface area contributed by atoms with E-state index in [0.29, 0.717) is 11.4 Å². The molecule has 0 radical (unpaired) electrons. The van der Waals surface area contributed by atoms with Crippen LogP contribution in [0.2, 0.25) is 5.02 Å². The molecule has 0 saturated carbocycles. The number of allylic oxidation sites excluding steroid dienone is 1. The van der Waals surface area contributed by atoms with Gasteiger partial charge in [0.15, 0.2) is 0 Å². The zero-order valence-corrected chi connectivity index (χ0v) is 27.5. The van der Waals surface area contributed by atoms with Gasteiger partial charge in [0, 0.05) is 19.5 Å².